The molecular formula is C15H23NO4. The summed E-state index contributed by atoms with van der Waals surface area (Å²) in [6.45, 7) is 4.73. The van der Waals surface area contributed by atoms with Gasteiger partial charge >= 0.3 is 5.97 Å². The fraction of sp³-hybridized carbons (Fsp3) is 0.733. The van der Waals surface area contributed by atoms with E-state index < -0.39 is 17.8 Å². The number of amides is 1. The smallest absolute Gasteiger partial charge is 0.307 e. The molecule has 0 aromatic heterocycles. The van der Waals surface area contributed by atoms with Gasteiger partial charge in [0, 0.05) is 25.6 Å². The Bertz CT molecular complexity index is 387. The second-order valence-corrected chi connectivity index (χ2v) is 5.60. The fourth-order valence-electron chi connectivity index (χ4n) is 3.01. The highest BCUT2D eigenvalue weighted by Crippen LogP contribution is 2.28. The van der Waals surface area contributed by atoms with Crippen molar-refractivity contribution in [3.05, 3.63) is 12.2 Å². The average Bonchev–Trinajstić information content (AvgIpc) is 2.97. The number of hydrogen-bond acceptors (Lipinski definition) is 3. The maximum atomic E-state index is 12.6. The number of allylic oxidation sites excluding steroid dienone is 2. The van der Waals surface area contributed by atoms with Gasteiger partial charge in [-0.25, -0.2) is 0 Å². The highest BCUT2D eigenvalue weighted by atomic mass is 16.5. The molecule has 112 valence electrons. The molecule has 2 aliphatic rings. The summed E-state index contributed by atoms with van der Waals surface area (Å²) in [7, 11) is 0. The zero-order valence-corrected chi connectivity index (χ0v) is 12.0. The summed E-state index contributed by atoms with van der Waals surface area (Å²) in [5.41, 5.74) is 0. The summed E-state index contributed by atoms with van der Waals surface area (Å²) in [5.74, 6) is -1.49. The molecule has 3 atom stereocenters. The Morgan fingerprint density at radius 1 is 1.30 bits per heavy atom. The topological polar surface area (TPSA) is 66.8 Å². The largest absolute Gasteiger partial charge is 0.481 e. The third kappa shape index (κ3) is 3.39. The van der Waals surface area contributed by atoms with Gasteiger partial charge in [0.05, 0.1) is 18.4 Å². The maximum Gasteiger partial charge on any atom is 0.307 e. The first-order valence-corrected chi connectivity index (χ1v) is 7.37. The normalized spacial score (nSPS) is 29.4. The van der Waals surface area contributed by atoms with E-state index in [9.17, 15) is 14.7 Å². The molecule has 1 fully saturated rings. The van der Waals surface area contributed by atoms with E-state index in [4.69, 9.17) is 4.74 Å². The van der Waals surface area contributed by atoms with Crippen molar-refractivity contribution in [2.24, 2.45) is 17.8 Å². The minimum absolute atomic E-state index is 0.0175. The van der Waals surface area contributed by atoms with E-state index in [0.29, 0.717) is 38.5 Å². The van der Waals surface area contributed by atoms with E-state index in [1.807, 2.05) is 19.1 Å². The van der Waals surface area contributed by atoms with Crippen LogP contribution >= 0.6 is 0 Å². The molecule has 0 aromatic rings. The zero-order chi connectivity index (χ0) is 14.5. The van der Waals surface area contributed by atoms with E-state index in [0.717, 1.165) is 13.0 Å². The van der Waals surface area contributed by atoms with E-state index in [2.05, 4.69) is 0 Å². The molecule has 1 aliphatic heterocycles. The van der Waals surface area contributed by atoms with Crippen molar-refractivity contribution in [3.63, 3.8) is 0 Å². The van der Waals surface area contributed by atoms with Gasteiger partial charge < -0.3 is 14.7 Å². The van der Waals surface area contributed by atoms with E-state index in [1.54, 1.807) is 4.90 Å². The number of carboxylic acid groups (broad SMARTS) is 1. The van der Waals surface area contributed by atoms with Crippen LogP contribution in [0.1, 0.15) is 26.2 Å². The van der Waals surface area contributed by atoms with E-state index >= 15 is 0 Å². The number of carboxylic acids is 1. The molecule has 1 aliphatic carbocycles. The quantitative estimate of drug-likeness (QED) is 0.776. The van der Waals surface area contributed by atoms with Crippen LogP contribution in [0.15, 0.2) is 12.2 Å². The first-order valence-electron chi connectivity index (χ1n) is 7.37. The van der Waals surface area contributed by atoms with Crippen molar-refractivity contribution >= 4 is 11.9 Å². The van der Waals surface area contributed by atoms with Crippen molar-refractivity contribution in [1.82, 2.24) is 4.90 Å². The molecule has 0 aromatic carbocycles. The number of aliphatic carboxylic acids is 1. The molecule has 0 saturated carbocycles. The lowest BCUT2D eigenvalue weighted by atomic mass is 9.82. The van der Waals surface area contributed by atoms with Crippen LogP contribution in [0.2, 0.25) is 0 Å². The van der Waals surface area contributed by atoms with Gasteiger partial charge in [0.2, 0.25) is 5.91 Å². The third-order valence-corrected chi connectivity index (χ3v) is 4.26. The van der Waals surface area contributed by atoms with Gasteiger partial charge in [-0.05, 0) is 26.2 Å². The lowest BCUT2D eigenvalue weighted by Gasteiger charge is -2.31. The van der Waals surface area contributed by atoms with Crippen molar-refractivity contribution in [2.45, 2.75) is 26.2 Å². The highest BCUT2D eigenvalue weighted by Gasteiger charge is 2.36. The summed E-state index contributed by atoms with van der Waals surface area (Å²) in [6, 6.07) is 0. The maximum absolute atomic E-state index is 12.6. The van der Waals surface area contributed by atoms with Crippen LogP contribution in [0.3, 0.4) is 0 Å². The summed E-state index contributed by atoms with van der Waals surface area (Å²) in [4.78, 5) is 25.7. The predicted octanol–water partition coefficient (Wildman–Crippen LogP) is 1.54. The second kappa shape index (κ2) is 6.88. The van der Waals surface area contributed by atoms with Gasteiger partial charge in [-0.3, -0.25) is 9.59 Å². The van der Waals surface area contributed by atoms with Crippen molar-refractivity contribution in [3.8, 4) is 0 Å². The Morgan fingerprint density at radius 3 is 2.55 bits per heavy atom. The van der Waals surface area contributed by atoms with Crippen LogP contribution in [0.25, 0.3) is 0 Å². The van der Waals surface area contributed by atoms with Gasteiger partial charge in [-0.15, -0.1) is 0 Å². The van der Waals surface area contributed by atoms with Crippen molar-refractivity contribution < 1.29 is 19.4 Å². The minimum atomic E-state index is -0.868. The molecule has 0 bridgehead atoms. The summed E-state index contributed by atoms with van der Waals surface area (Å²) < 4.78 is 5.34. The van der Waals surface area contributed by atoms with Gasteiger partial charge in [0.1, 0.15) is 0 Å². The van der Waals surface area contributed by atoms with Crippen molar-refractivity contribution in [1.29, 1.82) is 0 Å². The highest BCUT2D eigenvalue weighted by molar-refractivity contribution is 5.85. The van der Waals surface area contributed by atoms with Crippen LogP contribution < -0.4 is 0 Å². The first kappa shape index (κ1) is 15.0. The molecule has 0 radical (unpaired) electrons. The lowest BCUT2D eigenvalue weighted by Crippen LogP contribution is -2.43. The second-order valence-electron chi connectivity index (χ2n) is 5.60. The molecule has 5 heteroatoms. The number of carbonyl (C=O) groups excluding carboxylic acids is 1. The van der Waals surface area contributed by atoms with Crippen LogP contribution in [-0.4, -0.2) is 48.2 Å². The average molecular weight is 281 g/mol. The Labute approximate surface area is 119 Å². The minimum Gasteiger partial charge on any atom is -0.481 e. The molecule has 0 spiro atoms. The SMILES string of the molecule is CCN(CC1CCOC1)C(=O)C1CC=CCC1C(=O)O. The monoisotopic (exact) mass is 281 g/mol. The number of carbonyl (C=O) groups is 2. The Morgan fingerprint density at radius 2 is 2.00 bits per heavy atom. The summed E-state index contributed by atoms with van der Waals surface area (Å²) >= 11 is 0. The Balaban J connectivity index is 2.02. The predicted molar refractivity (Wildman–Crippen MR) is 74.2 cm³/mol. The summed E-state index contributed by atoms with van der Waals surface area (Å²) in [6.07, 6.45) is 5.76. The van der Waals surface area contributed by atoms with Gasteiger partial charge in [0.15, 0.2) is 0 Å². The molecule has 5 nitrogen and oxygen atoms in total. The third-order valence-electron chi connectivity index (χ3n) is 4.26. The molecule has 2 rings (SSSR count). The Kier molecular flexibility index (Phi) is 5.17. The summed E-state index contributed by atoms with van der Waals surface area (Å²) in [5, 5.41) is 9.27. The van der Waals surface area contributed by atoms with E-state index in [-0.39, 0.29) is 5.91 Å². The van der Waals surface area contributed by atoms with Crippen LogP contribution in [0, 0.1) is 17.8 Å². The van der Waals surface area contributed by atoms with Gasteiger partial charge in [-0.2, -0.15) is 0 Å². The fourth-order valence-corrected chi connectivity index (χ4v) is 3.01. The molecule has 1 amide bonds. The molecule has 20 heavy (non-hydrogen) atoms. The molecule has 1 saturated heterocycles. The van der Waals surface area contributed by atoms with Crippen LogP contribution in [-0.2, 0) is 14.3 Å². The van der Waals surface area contributed by atoms with Gasteiger partial charge in [-0.1, -0.05) is 12.2 Å². The van der Waals surface area contributed by atoms with Crippen LogP contribution in [0.5, 0.6) is 0 Å². The van der Waals surface area contributed by atoms with E-state index in [1.165, 1.54) is 0 Å². The standard InChI is InChI=1S/C15H23NO4/c1-2-16(9-11-7-8-20-10-11)14(17)12-5-3-4-6-13(12)15(18)19/h3-4,11-13H,2,5-10H2,1H3,(H,18,19). The molecule has 3 unspecified atom stereocenters. The lowest BCUT2D eigenvalue weighted by molar-refractivity contribution is -0.150. The first-order chi connectivity index (χ1) is 9.63. The number of hydrogen-bond donors (Lipinski definition) is 1. The van der Waals surface area contributed by atoms with Crippen LogP contribution in [0.4, 0.5) is 0 Å². The molecule has 1 N–H and O–H groups in total. The molecule has 1 heterocycles. The number of rotatable bonds is 5. The Hall–Kier alpha value is -1.36. The van der Waals surface area contributed by atoms with Crippen molar-refractivity contribution in [2.75, 3.05) is 26.3 Å². The number of ether oxygens (including phenoxy) is 1. The number of nitrogens with zero attached hydrogens (tertiary/aromatic N) is 1. The van der Waals surface area contributed by atoms with Gasteiger partial charge in [0.25, 0.3) is 0 Å². The zero-order valence-electron chi connectivity index (χ0n) is 12.0. The molecular weight excluding hydrogens is 258 g/mol.